The van der Waals surface area contributed by atoms with Crippen LogP contribution in [-0.2, 0) is 13.1 Å². The predicted molar refractivity (Wildman–Crippen MR) is 125 cm³/mol. The van der Waals surface area contributed by atoms with Crippen molar-refractivity contribution in [2.24, 2.45) is 4.99 Å². The number of aliphatic imine (C=N–C) groups is 1. The Bertz CT molecular complexity index is 856. The van der Waals surface area contributed by atoms with Crippen molar-refractivity contribution < 1.29 is 14.2 Å². The molecule has 0 atom stereocenters. The van der Waals surface area contributed by atoms with Gasteiger partial charge in [-0.05, 0) is 35.4 Å². The maximum atomic E-state index is 5.97. The van der Waals surface area contributed by atoms with Gasteiger partial charge in [-0.2, -0.15) is 0 Å². The highest BCUT2D eigenvalue weighted by atomic mass is 35.5. The van der Waals surface area contributed by atoms with Crippen molar-refractivity contribution in [3.8, 4) is 17.2 Å². The Morgan fingerprint density at radius 1 is 0.935 bits per heavy atom. The summed E-state index contributed by atoms with van der Waals surface area (Å²) in [6, 6.07) is 11.9. The molecule has 0 amide bonds. The first-order valence-corrected chi connectivity index (χ1v) is 10.7. The van der Waals surface area contributed by atoms with Crippen LogP contribution in [0.2, 0.25) is 5.02 Å². The Balaban J connectivity index is 1.55. The van der Waals surface area contributed by atoms with Crippen LogP contribution in [0.1, 0.15) is 11.1 Å². The van der Waals surface area contributed by atoms with E-state index in [0.29, 0.717) is 17.2 Å². The maximum absolute atomic E-state index is 5.97. The quantitative estimate of drug-likeness (QED) is 0.520. The summed E-state index contributed by atoms with van der Waals surface area (Å²) in [6.45, 7) is 5.24. The van der Waals surface area contributed by atoms with Crippen LogP contribution in [0.15, 0.2) is 41.4 Å². The van der Waals surface area contributed by atoms with Gasteiger partial charge in [0.15, 0.2) is 17.5 Å². The normalized spacial score (nSPS) is 15.0. The molecule has 8 heteroatoms. The number of hydrogen-bond donors (Lipinski definition) is 1. The molecule has 1 aliphatic heterocycles. The fourth-order valence-electron chi connectivity index (χ4n) is 3.72. The molecule has 168 valence electrons. The first-order valence-electron chi connectivity index (χ1n) is 10.3. The van der Waals surface area contributed by atoms with E-state index in [1.807, 2.05) is 43.4 Å². The molecule has 0 bridgehead atoms. The number of halogens is 1. The molecule has 2 aromatic rings. The maximum Gasteiger partial charge on any atom is 0.203 e. The Kier molecular flexibility index (Phi) is 8.26. The minimum atomic E-state index is 0.620. The summed E-state index contributed by atoms with van der Waals surface area (Å²) >= 11 is 5.97. The molecule has 2 aromatic carbocycles. The highest BCUT2D eigenvalue weighted by Crippen LogP contribution is 2.38. The molecule has 31 heavy (non-hydrogen) atoms. The second-order valence-corrected chi connectivity index (χ2v) is 7.76. The largest absolute Gasteiger partial charge is 0.493 e. The van der Waals surface area contributed by atoms with E-state index < -0.39 is 0 Å². The lowest BCUT2D eigenvalue weighted by Crippen LogP contribution is -2.52. The van der Waals surface area contributed by atoms with Crippen LogP contribution < -0.4 is 19.5 Å². The summed E-state index contributed by atoms with van der Waals surface area (Å²) in [5, 5.41) is 4.20. The SMILES string of the molecule is CN=C(NCc1ccc(Cl)cc1)N1CCN(Cc2cc(OC)c(OC)c(OC)c2)CC1. The van der Waals surface area contributed by atoms with Gasteiger partial charge >= 0.3 is 0 Å². The molecule has 1 N–H and O–H groups in total. The van der Waals surface area contributed by atoms with Crippen LogP contribution >= 0.6 is 11.6 Å². The highest BCUT2D eigenvalue weighted by Gasteiger charge is 2.21. The number of benzene rings is 2. The number of methoxy groups -OCH3 is 3. The zero-order chi connectivity index (χ0) is 22.2. The highest BCUT2D eigenvalue weighted by molar-refractivity contribution is 6.30. The van der Waals surface area contributed by atoms with E-state index in [1.165, 1.54) is 5.56 Å². The van der Waals surface area contributed by atoms with Crippen molar-refractivity contribution in [3.63, 3.8) is 0 Å². The molecule has 1 saturated heterocycles. The average molecular weight is 447 g/mol. The number of guanidine groups is 1. The van der Waals surface area contributed by atoms with Crippen molar-refractivity contribution in [2.75, 3.05) is 54.6 Å². The Morgan fingerprint density at radius 2 is 1.55 bits per heavy atom. The van der Waals surface area contributed by atoms with Crippen LogP contribution in [0, 0.1) is 0 Å². The smallest absolute Gasteiger partial charge is 0.203 e. The van der Waals surface area contributed by atoms with Crippen molar-refractivity contribution in [2.45, 2.75) is 13.1 Å². The van der Waals surface area contributed by atoms with Gasteiger partial charge in [0.25, 0.3) is 0 Å². The van der Waals surface area contributed by atoms with Crippen LogP contribution in [0.3, 0.4) is 0 Å². The molecule has 1 fully saturated rings. The summed E-state index contributed by atoms with van der Waals surface area (Å²) in [6.07, 6.45) is 0. The third-order valence-corrected chi connectivity index (χ3v) is 5.63. The third kappa shape index (κ3) is 5.95. The van der Waals surface area contributed by atoms with Gasteiger partial charge < -0.3 is 24.4 Å². The van der Waals surface area contributed by atoms with Gasteiger partial charge in [0.1, 0.15) is 0 Å². The number of hydrogen-bond acceptors (Lipinski definition) is 5. The van der Waals surface area contributed by atoms with E-state index in [0.717, 1.165) is 55.8 Å². The van der Waals surface area contributed by atoms with Gasteiger partial charge in [-0.15, -0.1) is 0 Å². The van der Waals surface area contributed by atoms with E-state index in [2.05, 4.69) is 20.1 Å². The number of rotatable bonds is 7. The molecule has 1 aliphatic rings. The first kappa shape index (κ1) is 23.0. The Labute approximate surface area is 189 Å². The minimum absolute atomic E-state index is 0.620. The third-order valence-electron chi connectivity index (χ3n) is 5.38. The summed E-state index contributed by atoms with van der Waals surface area (Å²) in [4.78, 5) is 9.17. The van der Waals surface area contributed by atoms with Crippen molar-refractivity contribution >= 4 is 17.6 Å². The molecule has 7 nitrogen and oxygen atoms in total. The monoisotopic (exact) mass is 446 g/mol. The van der Waals surface area contributed by atoms with E-state index in [1.54, 1.807) is 21.3 Å². The summed E-state index contributed by atoms with van der Waals surface area (Å²) < 4.78 is 16.4. The molecule has 0 aromatic heterocycles. The van der Waals surface area contributed by atoms with Gasteiger partial charge in [-0.3, -0.25) is 9.89 Å². The van der Waals surface area contributed by atoms with Gasteiger partial charge in [0.05, 0.1) is 21.3 Å². The van der Waals surface area contributed by atoms with E-state index in [9.17, 15) is 0 Å². The van der Waals surface area contributed by atoms with Crippen molar-refractivity contribution in [1.82, 2.24) is 15.1 Å². The Morgan fingerprint density at radius 3 is 2.06 bits per heavy atom. The van der Waals surface area contributed by atoms with Gasteiger partial charge in [-0.1, -0.05) is 23.7 Å². The molecule has 0 saturated carbocycles. The Hall–Kier alpha value is -2.64. The lowest BCUT2D eigenvalue weighted by atomic mass is 10.1. The molecule has 0 radical (unpaired) electrons. The van der Waals surface area contributed by atoms with Crippen molar-refractivity contribution in [3.05, 3.63) is 52.5 Å². The van der Waals surface area contributed by atoms with Gasteiger partial charge in [0.2, 0.25) is 5.75 Å². The predicted octanol–water partition coefficient (Wildman–Crippen LogP) is 3.26. The minimum Gasteiger partial charge on any atom is -0.493 e. The lowest BCUT2D eigenvalue weighted by Gasteiger charge is -2.36. The fourth-order valence-corrected chi connectivity index (χ4v) is 3.84. The number of nitrogens with one attached hydrogen (secondary N) is 1. The summed E-state index contributed by atoms with van der Waals surface area (Å²) in [5.41, 5.74) is 2.31. The topological polar surface area (TPSA) is 58.6 Å². The van der Waals surface area contributed by atoms with Crippen LogP contribution in [0.5, 0.6) is 17.2 Å². The second-order valence-electron chi connectivity index (χ2n) is 7.32. The van der Waals surface area contributed by atoms with Crippen LogP contribution in [0.4, 0.5) is 0 Å². The molecule has 0 aliphatic carbocycles. The molecule has 0 spiro atoms. The number of nitrogens with zero attached hydrogens (tertiary/aromatic N) is 3. The van der Waals surface area contributed by atoms with E-state index in [4.69, 9.17) is 25.8 Å². The van der Waals surface area contributed by atoms with E-state index in [-0.39, 0.29) is 0 Å². The van der Waals surface area contributed by atoms with Gasteiger partial charge in [-0.25, -0.2) is 0 Å². The van der Waals surface area contributed by atoms with Gasteiger partial charge in [0, 0.05) is 51.3 Å². The summed E-state index contributed by atoms with van der Waals surface area (Å²) in [7, 11) is 6.73. The molecular weight excluding hydrogens is 416 g/mol. The number of ether oxygens (including phenoxy) is 3. The first-order chi connectivity index (χ1) is 15.1. The zero-order valence-corrected chi connectivity index (χ0v) is 19.4. The second kappa shape index (κ2) is 11.1. The molecular formula is C23H31ClN4O3. The molecule has 0 unspecified atom stereocenters. The zero-order valence-electron chi connectivity index (χ0n) is 18.7. The molecule has 3 rings (SSSR count). The fraction of sp³-hybridized carbons (Fsp3) is 0.435. The molecule has 1 heterocycles. The summed E-state index contributed by atoms with van der Waals surface area (Å²) in [5.74, 6) is 2.90. The number of piperazine rings is 1. The lowest BCUT2D eigenvalue weighted by molar-refractivity contribution is 0.172. The van der Waals surface area contributed by atoms with Crippen LogP contribution in [0.25, 0.3) is 0 Å². The average Bonchev–Trinajstić information content (AvgIpc) is 2.80. The van der Waals surface area contributed by atoms with E-state index >= 15 is 0 Å². The van der Waals surface area contributed by atoms with Crippen LogP contribution in [-0.4, -0.2) is 70.3 Å². The standard InChI is InChI=1S/C23H31ClN4O3/c1-25-23(26-15-17-5-7-19(24)8-6-17)28-11-9-27(10-12-28)16-18-13-20(29-2)22(31-4)21(14-18)30-3/h5-8,13-14H,9-12,15-16H2,1-4H3,(H,25,26). The van der Waals surface area contributed by atoms with Crippen molar-refractivity contribution in [1.29, 1.82) is 0 Å².